The molecular weight excluding hydrogens is 360 g/mol. The number of carbonyl (C=O) groups excluding carboxylic acids is 1. The number of hydrogen-bond acceptors (Lipinski definition) is 4. The topological polar surface area (TPSA) is 57.7 Å². The fraction of sp³-hybridized carbons (Fsp3) is 0.952. The molecule has 0 N–H and O–H groups in total. The summed E-state index contributed by atoms with van der Waals surface area (Å²) in [6.45, 7) is 13.1. The van der Waals surface area contributed by atoms with E-state index in [1.54, 1.807) is 4.31 Å². The minimum atomic E-state index is -3.43. The van der Waals surface area contributed by atoms with E-state index in [2.05, 4.69) is 32.6 Å². The lowest BCUT2D eigenvalue weighted by molar-refractivity contribution is -0.126. The Kier molecular flexibility index (Phi) is 5.84. The van der Waals surface area contributed by atoms with Gasteiger partial charge in [-0.25, -0.2) is 8.42 Å². The molecule has 27 heavy (non-hydrogen) atoms. The third-order valence-corrected chi connectivity index (χ3v) is 10.5. The Labute approximate surface area is 165 Å². The van der Waals surface area contributed by atoms with Crippen LogP contribution < -0.4 is 0 Å². The van der Waals surface area contributed by atoms with Gasteiger partial charge in [-0.2, -0.15) is 4.31 Å². The lowest BCUT2D eigenvalue weighted by Gasteiger charge is -2.44. The molecule has 0 spiro atoms. The molecule has 3 aliphatic rings. The molecule has 1 aliphatic heterocycles. The van der Waals surface area contributed by atoms with Crippen molar-refractivity contribution in [1.29, 1.82) is 0 Å². The number of nitrogens with zero attached hydrogens (tertiary/aromatic N) is 2. The van der Waals surface area contributed by atoms with E-state index in [1.807, 2.05) is 6.92 Å². The summed E-state index contributed by atoms with van der Waals surface area (Å²) in [4.78, 5) is 15.2. The highest BCUT2D eigenvalue weighted by molar-refractivity contribution is 7.89. The average molecular weight is 399 g/mol. The van der Waals surface area contributed by atoms with Crippen molar-refractivity contribution in [3.05, 3.63) is 0 Å². The van der Waals surface area contributed by atoms with E-state index < -0.39 is 15.4 Å². The third kappa shape index (κ3) is 3.74. The van der Waals surface area contributed by atoms with Crippen LogP contribution in [0.4, 0.5) is 0 Å². The normalized spacial score (nSPS) is 39.0. The van der Waals surface area contributed by atoms with E-state index in [0.717, 1.165) is 13.1 Å². The van der Waals surface area contributed by atoms with E-state index in [9.17, 15) is 13.2 Å². The highest BCUT2D eigenvalue weighted by atomic mass is 32.2. The second-order valence-electron chi connectivity index (χ2n) is 10.1. The molecular formula is C21H38N2O3S. The van der Waals surface area contributed by atoms with Gasteiger partial charge in [-0.1, -0.05) is 47.5 Å². The second-order valence-corrected chi connectivity index (χ2v) is 12.1. The molecule has 4 atom stereocenters. The van der Waals surface area contributed by atoms with Crippen LogP contribution in [0.2, 0.25) is 0 Å². The van der Waals surface area contributed by atoms with Crippen LogP contribution >= 0.6 is 0 Å². The van der Waals surface area contributed by atoms with Crippen molar-refractivity contribution in [2.75, 3.05) is 31.9 Å². The minimum absolute atomic E-state index is 0.0456. The molecule has 6 heteroatoms. The summed E-state index contributed by atoms with van der Waals surface area (Å²) >= 11 is 0. The Bertz CT molecular complexity index is 667. The quantitative estimate of drug-likeness (QED) is 0.730. The molecule has 0 bridgehead atoms. The lowest BCUT2D eigenvalue weighted by atomic mass is 9.67. The van der Waals surface area contributed by atoms with Gasteiger partial charge in [0.15, 0.2) is 0 Å². The Hall–Kier alpha value is -0.460. The molecule has 1 saturated heterocycles. The molecule has 0 aromatic heterocycles. The Balaban J connectivity index is 1.66. The highest BCUT2D eigenvalue weighted by Crippen LogP contribution is 2.54. The standard InChI is InChI=1S/C21H38N2O3S/c1-16-8-6-7-9-18(16)22-10-12-23(13-11-22)27(25,26)15-21(5)19(24)14-17(2)20(21,3)4/h16-18H,6-15H2,1-5H3. The fourth-order valence-electron chi connectivity index (χ4n) is 5.54. The molecule has 4 unspecified atom stereocenters. The van der Waals surface area contributed by atoms with Gasteiger partial charge in [-0.05, 0) is 30.1 Å². The number of carbonyl (C=O) groups is 1. The van der Waals surface area contributed by atoms with Gasteiger partial charge >= 0.3 is 0 Å². The number of hydrogen-bond donors (Lipinski definition) is 0. The van der Waals surface area contributed by atoms with Crippen molar-refractivity contribution < 1.29 is 13.2 Å². The highest BCUT2D eigenvalue weighted by Gasteiger charge is 2.57. The number of ketones is 1. The molecule has 156 valence electrons. The molecule has 1 heterocycles. The summed E-state index contributed by atoms with van der Waals surface area (Å²) in [5.41, 5.74) is -1.09. The molecule has 2 saturated carbocycles. The molecule has 3 rings (SSSR count). The molecule has 0 amide bonds. The van der Waals surface area contributed by atoms with Crippen LogP contribution in [0.5, 0.6) is 0 Å². The van der Waals surface area contributed by atoms with Gasteiger partial charge in [-0.3, -0.25) is 9.69 Å². The first kappa shape index (κ1) is 21.3. The predicted molar refractivity (Wildman–Crippen MR) is 109 cm³/mol. The van der Waals surface area contributed by atoms with E-state index in [1.165, 1.54) is 25.7 Å². The van der Waals surface area contributed by atoms with Crippen LogP contribution in [0.25, 0.3) is 0 Å². The van der Waals surface area contributed by atoms with Crippen molar-refractivity contribution in [1.82, 2.24) is 9.21 Å². The van der Waals surface area contributed by atoms with Crippen LogP contribution in [0, 0.1) is 22.7 Å². The summed E-state index contributed by atoms with van der Waals surface area (Å²) in [5.74, 6) is 0.989. The summed E-state index contributed by atoms with van der Waals surface area (Å²) < 4.78 is 28.0. The van der Waals surface area contributed by atoms with Crippen LogP contribution in [0.3, 0.4) is 0 Å². The smallest absolute Gasteiger partial charge is 0.215 e. The predicted octanol–water partition coefficient (Wildman–Crippen LogP) is 3.15. The fourth-order valence-corrected chi connectivity index (χ4v) is 7.70. The number of rotatable bonds is 4. The van der Waals surface area contributed by atoms with Gasteiger partial charge < -0.3 is 0 Å². The zero-order valence-electron chi connectivity index (χ0n) is 17.8. The summed E-state index contributed by atoms with van der Waals surface area (Å²) in [6, 6.07) is 0.609. The van der Waals surface area contributed by atoms with E-state index in [4.69, 9.17) is 0 Å². The first-order valence-corrected chi connectivity index (χ1v) is 12.3. The van der Waals surface area contributed by atoms with Crippen LogP contribution in [0.15, 0.2) is 0 Å². The van der Waals surface area contributed by atoms with Crippen molar-refractivity contribution in [2.45, 2.75) is 72.8 Å². The van der Waals surface area contributed by atoms with Gasteiger partial charge in [0.25, 0.3) is 0 Å². The molecule has 0 aromatic rings. The maximum atomic E-state index is 13.2. The van der Waals surface area contributed by atoms with Gasteiger partial charge in [0.2, 0.25) is 10.0 Å². The molecule has 0 aromatic carbocycles. The first-order chi connectivity index (χ1) is 12.5. The Morgan fingerprint density at radius 2 is 1.59 bits per heavy atom. The third-order valence-electron chi connectivity index (χ3n) is 8.43. The van der Waals surface area contributed by atoms with Crippen LogP contribution in [-0.2, 0) is 14.8 Å². The largest absolute Gasteiger partial charge is 0.299 e. The maximum absolute atomic E-state index is 13.2. The van der Waals surface area contributed by atoms with Gasteiger partial charge in [0.1, 0.15) is 5.78 Å². The lowest BCUT2D eigenvalue weighted by Crippen LogP contribution is -2.55. The first-order valence-electron chi connectivity index (χ1n) is 10.7. The number of Topliss-reactive ketones (excluding diaryl/α,β-unsaturated/α-hetero) is 1. The molecule has 5 nitrogen and oxygen atoms in total. The number of piperazine rings is 1. The minimum Gasteiger partial charge on any atom is -0.299 e. The van der Waals surface area contributed by atoms with Gasteiger partial charge in [-0.15, -0.1) is 0 Å². The molecule has 0 radical (unpaired) electrons. The van der Waals surface area contributed by atoms with E-state index >= 15 is 0 Å². The van der Waals surface area contributed by atoms with Crippen molar-refractivity contribution in [3.63, 3.8) is 0 Å². The molecule has 3 fully saturated rings. The van der Waals surface area contributed by atoms with Crippen LogP contribution in [0.1, 0.15) is 66.7 Å². The maximum Gasteiger partial charge on any atom is 0.215 e. The van der Waals surface area contributed by atoms with Crippen molar-refractivity contribution in [2.24, 2.45) is 22.7 Å². The number of sulfonamides is 1. The van der Waals surface area contributed by atoms with Crippen molar-refractivity contribution in [3.8, 4) is 0 Å². The van der Waals surface area contributed by atoms with Gasteiger partial charge in [0, 0.05) is 44.1 Å². The Morgan fingerprint density at radius 1 is 1.00 bits per heavy atom. The van der Waals surface area contributed by atoms with Crippen molar-refractivity contribution >= 4 is 15.8 Å². The Morgan fingerprint density at radius 3 is 2.11 bits per heavy atom. The average Bonchev–Trinajstić information content (AvgIpc) is 2.75. The zero-order valence-corrected chi connectivity index (χ0v) is 18.6. The van der Waals surface area contributed by atoms with E-state index in [0.29, 0.717) is 31.5 Å². The second kappa shape index (κ2) is 7.42. The zero-order chi connectivity index (χ0) is 20.0. The SMILES string of the molecule is CC1CCCCC1N1CCN(S(=O)(=O)CC2(C)C(=O)CC(C)C2(C)C)CC1. The van der Waals surface area contributed by atoms with Gasteiger partial charge in [0.05, 0.1) is 5.75 Å². The summed E-state index contributed by atoms with van der Waals surface area (Å²) in [5, 5.41) is 0. The summed E-state index contributed by atoms with van der Waals surface area (Å²) in [6.07, 6.45) is 5.64. The van der Waals surface area contributed by atoms with E-state index in [-0.39, 0.29) is 22.9 Å². The molecule has 2 aliphatic carbocycles. The summed E-state index contributed by atoms with van der Waals surface area (Å²) in [7, 11) is -3.43. The van der Waals surface area contributed by atoms with Crippen LogP contribution in [-0.4, -0.2) is 61.4 Å². The monoisotopic (exact) mass is 398 g/mol.